The molecule has 144 valence electrons. The summed E-state index contributed by atoms with van der Waals surface area (Å²) in [5.74, 6) is 2.92. The summed E-state index contributed by atoms with van der Waals surface area (Å²) in [7, 11) is 7.05. The van der Waals surface area contributed by atoms with Crippen molar-refractivity contribution in [2.45, 2.75) is 6.23 Å². The first-order chi connectivity index (χ1) is 13.7. The monoisotopic (exact) mass is 379 g/mol. The van der Waals surface area contributed by atoms with E-state index in [4.69, 9.17) is 23.7 Å². The molecule has 2 aliphatic heterocycles. The molecule has 1 atom stereocenters. The van der Waals surface area contributed by atoms with Gasteiger partial charge in [0.25, 0.3) is 0 Å². The molecule has 0 spiro atoms. The Labute approximate surface area is 163 Å². The summed E-state index contributed by atoms with van der Waals surface area (Å²) in [5.41, 5.74) is 4.34. The van der Waals surface area contributed by atoms with Crippen molar-refractivity contribution in [3.05, 3.63) is 42.0 Å². The van der Waals surface area contributed by atoms with Crippen LogP contribution in [0.4, 0.5) is 5.69 Å². The van der Waals surface area contributed by atoms with Crippen LogP contribution in [0.1, 0.15) is 11.8 Å². The van der Waals surface area contributed by atoms with Gasteiger partial charge in [0.2, 0.25) is 6.79 Å². The fraction of sp³-hybridized carbons (Fsp3) is 0.273. The van der Waals surface area contributed by atoms with E-state index in [1.807, 2.05) is 31.3 Å². The summed E-state index contributed by atoms with van der Waals surface area (Å²) in [6.45, 7) is 0.243. The average Bonchev–Trinajstić information content (AvgIpc) is 3.18. The number of anilines is 1. The Balaban J connectivity index is 1.83. The van der Waals surface area contributed by atoms with E-state index < -0.39 is 0 Å². The fourth-order valence-corrected chi connectivity index (χ4v) is 4.24. The maximum atomic E-state index is 5.87. The summed E-state index contributed by atoms with van der Waals surface area (Å²) < 4.78 is 28.1. The molecule has 0 aliphatic carbocycles. The van der Waals surface area contributed by atoms with E-state index in [1.165, 1.54) is 0 Å². The third kappa shape index (κ3) is 2.24. The molecule has 2 aliphatic rings. The van der Waals surface area contributed by atoms with Gasteiger partial charge < -0.3 is 28.6 Å². The van der Waals surface area contributed by atoms with Crippen molar-refractivity contribution in [3.63, 3.8) is 0 Å². The molecule has 3 aromatic rings. The van der Waals surface area contributed by atoms with E-state index in [1.54, 1.807) is 21.3 Å². The minimum absolute atomic E-state index is 0.240. The molecule has 3 aromatic carbocycles. The molecule has 0 aromatic heterocycles. The van der Waals surface area contributed by atoms with Crippen LogP contribution < -0.4 is 23.8 Å². The summed E-state index contributed by atoms with van der Waals surface area (Å²) >= 11 is 0. The highest BCUT2D eigenvalue weighted by atomic mass is 16.7. The fourth-order valence-electron chi connectivity index (χ4n) is 4.24. The molecule has 0 radical (unpaired) electrons. The van der Waals surface area contributed by atoms with Gasteiger partial charge in [-0.15, -0.1) is 0 Å². The Hall–Kier alpha value is -3.12. The lowest BCUT2D eigenvalue weighted by molar-refractivity contribution is 0.103. The Morgan fingerprint density at radius 1 is 0.893 bits per heavy atom. The van der Waals surface area contributed by atoms with E-state index in [2.05, 4.69) is 17.0 Å². The molecule has 28 heavy (non-hydrogen) atoms. The number of hydrogen-bond donors (Lipinski definition) is 0. The Bertz CT molecular complexity index is 1090. The quantitative estimate of drug-likeness (QED) is 0.674. The zero-order chi connectivity index (χ0) is 19.4. The number of hydrogen-bond acceptors (Lipinski definition) is 6. The number of ether oxygens (including phenoxy) is 5. The molecule has 0 N–H and O–H groups in total. The Morgan fingerprint density at radius 3 is 2.32 bits per heavy atom. The van der Waals surface area contributed by atoms with Crippen LogP contribution in [-0.2, 0) is 4.74 Å². The number of nitrogens with zero attached hydrogens (tertiary/aromatic N) is 1. The van der Waals surface area contributed by atoms with E-state index >= 15 is 0 Å². The molecule has 0 bridgehead atoms. The normalized spacial score (nSPS) is 16.7. The lowest BCUT2D eigenvalue weighted by atomic mass is 9.89. The standard InChI is InChI=1S/C22H21NO5/c1-23-21-13(6-5-12-7-17(24-2)18(25-3)8-14(12)21)15-9-19-20(28-11-27-19)10-16(15)22(23)26-4/h5-10,22H,11H2,1-4H3. The van der Waals surface area contributed by atoms with Crippen LogP contribution in [0, 0.1) is 0 Å². The molecule has 0 saturated heterocycles. The van der Waals surface area contributed by atoms with Gasteiger partial charge in [-0.3, -0.25) is 0 Å². The van der Waals surface area contributed by atoms with Gasteiger partial charge in [-0.2, -0.15) is 0 Å². The second-order valence-corrected chi connectivity index (χ2v) is 6.88. The molecule has 5 rings (SSSR count). The van der Waals surface area contributed by atoms with Crippen molar-refractivity contribution in [2.24, 2.45) is 0 Å². The molecular formula is C22H21NO5. The van der Waals surface area contributed by atoms with Crippen molar-refractivity contribution in [1.82, 2.24) is 0 Å². The highest BCUT2D eigenvalue weighted by Gasteiger charge is 2.33. The summed E-state index contributed by atoms with van der Waals surface area (Å²) in [6.07, 6.45) is -0.240. The van der Waals surface area contributed by atoms with Crippen LogP contribution in [-0.4, -0.2) is 35.2 Å². The molecular weight excluding hydrogens is 358 g/mol. The van der Waals surface area contributed by atoms with Gasteiger partial charge in [0.1, 0.15) is 0 Å². The van der Waals surface area contributed by atoms with E-state index in [0.717, 1.165) is 44.6 Å². The molecule has 0 amide bonds. The Kier molecular flexibility index (Phi) is 3.77. The topological polar surface area (TPSA) is 49.4 Å². The second kappa shape index (κ2) is 6.21. The maximum Gasteiger partial charge on any atom is 0.231 e. The molecule has 6 nitrogen and oxygen atoms in total. The van der Waals surface area contributed by atoms with Crippen LogP contribution in [0.2, 0.25) is 0 Å². The molecule has 6 heteroatoms. The zero-order valence-corrected chi connectivity index (χ0v) is 16.2. The number of methoxy groups -OCH3 is 3. The zero-order valence-electron chi connectivity index (χ0n) is 16.2. The van der Waals surface area contributed by atoms with Crippen molar-refractivity contribution >= 4 is 16.5 Å². The van der Waals surface area contributed by atoms with Crippen molar-refractivity contribution < 1.29 is 23.7 Å². The van der Waals surface area contributed by atoms with E-state index in [0.29, 0.717) is 11.5 Å². The van der Waals surface area contributed by atoms with E-state index in [9.17, 15) is 0 Å². The Morgan fingerprint density at radius 2 is 1.61 bits per heavy atom. The maximum absolute atomic E-state index is 5.87. The van der Waals surface area contributed by atoms with Gasteiger partial charge in [0, 0.05) is 30.7 Å². The molecule has 1 unspecified atom stereocenters. The van der Waals surface area contributed by atoms with Crippen molar-refractivity contribution in [1.29, 1.82) is 0 Å². The van der Waals surface area contributed by atoms with Crippen LogP contribution in [0.15, 0.2) is 36.4 Å². The third-order valence-electron chi connectivity index (χ3n) is 5.52. The summed E-state index contributed by atoms with van der Waals surface area (Å²) in [4.78, 5) is 2.15. The highest BCUT2D eigenvalue weighted by Crippen LogP contribution is 2.52. The number of benzene rings is 3. The summed E-state index contributed by atoms with van der Waals surface area (Å²) in [6, 6.07) is 12.3. The molecule has 0 fully saturated rings. The third-order valence-corrected chi connectivity index (χ3v) is 5.52. The van der Waals surface area contributed by atoms with Crippen molar-refractivity contribution in [3.8, 4) is 34.1 Å². The minimum Gasteiger partial charge on any atom is -0.493 e. The smallest absolute Gasteiger partial charge is 0.231 e. The summed E-state index contributed by atoms with van der Waals surface area (Å²) in [5, 5.41) is 2.14. The van der Waals surface area contributed by atoms with Gasteiger partial charge in [-0.25, -0.2) is 0 Å². The largest absolute Gasteiger partial charge is 0.493 e. The van der Waals surface area contributed by atoms with Crippen LogP contribution in [0.5, 0.6) is 23.0 Å². The van der Waals surface area contributed by atoms with Crippen LogP contribution in [0.3, 0.4) is 0 Å². The predicted octanol–water partition coefficient (Wildman–Crippen LogP) is 4.35. The first kappa shape index (κ1) is 17.0. The predicted molar refractivity (Wildman–Crippen MR) is 107 cm³/mol. The first-order valence-electron chi connectivity index (χ1n) is 9.04. The van der Waals surface area contributed by atoms with Crippen LogP contribution >= 0.6 is 0 Å². The lowest BCUT2D eigenvalue weighted by Crippen LogP contribution is -2.29. The van der Waals surface area contributed by atoms with Gasteiger partial charge in [-0.1, -0.05) is 12.1 Å². The average molecular weight is 379 g/mol. The minimum atomic E-state index is -0.240. The van der Waals surface area contributed by atoms with Gasteiger partial charge in [0.05, 0.1) is 19.9 Å². The second-order valence-electron chi connectivity index (χ2n) is 6.88. The number of fused-ring (bicyclic) bond motifs is 6. The van der Waals surface area contributed by atoms with Gasteiger partial charge in [-0.05, 0) is 35.2 Å². The molecule has 0 saturated carbocycles. The molecule has 2 heterocycles. The SMILES string of the molecule is COc1cc2ccc3c(c2cc1OC)N(C)C(OC)c1cc2c(cc1-3)OCO2. The van der Waals surface area contributed by atoms with Gasteiger partial charge in [0.15, 0.2) is 29.2 Å². The first-order valence-corrected chi connectivity index (χ1v) is 9.04. The number of rotatable bonds is 3. The lowest BCUT2D eigenvalue weighted by Gasteiger charge is -2.37. The van der Waals surface area contributed by atoms with Crippen LogP contribution in [0.25, 0.3) is 21.9 Å². The van der Waals surface area contributed by atoms with E-state index in [-0.39, 0.29) is 13.0 Å². The highest BCUT2D eigenvalue weighted by molar-refractivity contribution is 6.05. The van der Waals surface area contributed by atoms with Gasteiger partial charge >= 0.3 is 0 Å². The van der Waals surface area contributed by atoms with Crippen molar-refractivity contribution in [2.75, 3.05) is 40.1 Å².